The van der Waals surface area contributed by atoms with Crippen LogP contribution in [0.3, 0.4) is 0 Å². The highest BCUT2D eigenvalue weighted by atomic mass is 32.2. The number of methoxy groups -OCH3 is 3. The van der Waals surface area contributed by atoms with Crippen LogP contribution in [0.15, 0.2) is 52.3 Å². The SMILES string of the molecule is COc1ccc(NC(=O)[C@@H]2[C@H](c3ccc(OC)c(OC)c3)c3sc(=O)[nH]c3S[C@@H]2C)cc1. The lowest BCUT2D eigenvalue weighted by atomic mass is 9.81. The molecule has 3 aromatic rings. The molecule has 0 bridgehead atoms. The number of thiazole rings is 1. The van der Waals surface area contributed by atoms with Gasteiger partial charge in [0, 0.05) is 21.7 Å². The number of anilines is 1. The Morgan fingerprint density at radius 3 is 2.38 bits per heavy atom. The fraction of sp³-hybridized carbons (Fsp3) is 0.304. The van der Waals surface area contributed by atoms with Crippen molar-refractivity contribution in [3.63, 3.8) is 0 Å². The lowest BCUT2D eigenvalue weighted by Gasteiger charge is -2.35. The zero-order chi connectivity index (χ0) is 22.8. The Bertz CT molecular complexity index is 1170. The molecule has 32 heavy (non-hydrogen) atoms. The molecule has 0 saturated heterocycles. The van der Waals surface area contributed by atoms with Crippen molar-refractivity contribution in [2.45, 2.75) is 23.1 Å². The van der Waals surface area contributed by atoms with Crippen LogP contribution in [0.25, 0.3) is 0 Å². The number of thioether (sulfide) groups is 1. The molecule has 1 aliphatic rings. The second kappa shape index (κ2) is 9.30. The number of fused-ring (bicyclic) bond motifs is 1. The number of hydrogen-bond donors (Lipinski definition) is 2. The Labute approximate surface area is 194 Å². The maximum atomic E-state index is 13.5. The van der Waals surface area contributed by atoms with Gasteiger partial charge in [-0.3, -0.25) is 9.59 Å². The third-order valence-electron chi connectivity index (χ3n) is 5.52. The maximum absolute atomic E-state index is 13.5. The number of carbonyl (C=O) groups is 1. The Morgan fingerprint density at radius 2 is 1.72 bits per heavy atom. The molecule has 7 nitrogen and oxygen atoms in total. The minimum absolute atomic E-state index is 0.0657. The number of nitrogens with one attached hydrogen (secondary N) is 2. The first-order valence-electron chi connectivity index (χ1n) is 10.0. The number of amides is 1. The fourth-order valence-electron chi connectivity index (χ4n) is 3.98. The smallest absolute Gasteiger partial charge is 0.305 e. The largest absolute Gasteiger partial charge is 0.497 e. The summed E-state index contributed by atoms with van der Waals surface area (Å²) in [5, 5.41) is 3.79. The van der Waals surface area contributed by atoms with Gasteiger partial charge in [-0.25, -0.2) is 0 Å². The van der Waals surface area contributed by atoms with Crippen molar-refractivity contribution in [1.82, 2.24) is 4.98 Å². The van der Waals surface area contributed by atoms with Gasteiger partial charge in [-0.1, -0.05) is 24.3 Å². The molecule has 168 valence electrons. The monoisotopic (exact) mass is 472 g/mol. The molecule has 9 heteroatoms. The van der Waals surface area contributed by atoms with Crippen LogP contribution in [0.2, 0.25) is 0 Å². The molecule has 1 amide bonds. The first-order valence-corrected chi connectivity index (χ1v) is 11.7. The van der Waals surface area contributed by atoms with Crippen molar-refractivity contribution in [2.75, 3.05) is 26.6 Å². The molecule has 1 aliphatic heterocycles. The van der Waals surface area contributed by atoms with Gasteiger partial charge in [-0.2, -0.15) is 0 Å². The van der Waals surface area contributed by atoms with Gasteiger partial charge < -0.3 is 24.5 Å². The van der Waals surface area contributed by atoms with E-state index < -0.39 is 5.92 Å². The van der Waals surface area contributed by atoms with E-state index in [1.54, 1.807) is 33.5 Å². The summed E-state index contributed by atoms with van der Waals surface area (Å²) in [5.41, 5.74) is 1.58. The molecular formula is C23H24N2O5S2. The summed E-state index contributed by atoms with van der Waals surface area (Å²) in [6.07, 6.45) is 0. The number of rotatable bonds is 6. The van der Waals surface area contributed by atoms with Crippen molar-refractivity contribution < 1.29 is 19.0 Å². The number of carbonyl (C=O) groups excluding carboxylic acids is 1. The zero-order valence-corrected chi connectivity index (χ0v) is 19.8. The summed E-state index contributed by atoms with van der Waals surface area (Å²) < 4.78 is 16.1. The van der Waals surface area contributed by atoms with Gasteiger partial charge in [0.25, 0.3) is 0 Å². The number of H-pyrrole nitrogens is 1. The van der Waals surface area contributed by atoms with Crippen LogP contribution in [0.5, 0.6) is 17.2 Å². The average Bonchev–Trinajstić information content (AvgIpc) is 3.17. The number of aromatic amines is 1. The van der Waals surface area contributed by atoms with Crippen molar-refractivity contribution >= 4 is 34.7 Å². The van der Waals surface area contributed by atoms with Crippen LogP contribution in [0, 0.1) is 5.92 Å². The standard InChI is InChI=1S/C23H24N2O5S2/c1-12-18(21(26)24-14-6-8-15(28-2)9-7-14)19(20-22(31-12)25-23(27)32-20)13-5-10-16(29-3)17(11-13)30-4/h5-12,18-19H,1-4H3,(H,24,26)(H,25,27)/t12-,18+,19+/m1/s1. The van der Waals surface area contributed by atoms with Gasteiger partial charge in [-0.15, -0.1) is 11.8 Å². The van der Waals surface area contributed by atoms with E-state index in [0.717, 1.165) is 32.6 Å². The Balaban J connectivity index is 1.75. The third kappa shape index (κ3) is 4.22. The van der Waals surface area contributed by atoms with E-state index in [9.17, 15) is 9.59 Å². The predicted molar refractivity (Wildman–Crippen MR) is 127 cm³/mol. The van der Waals surface area contributed by atoms with E-state index in [0.29, 0.717) is 17.2 Å². The number of aromatic nitrogens is 1. The molecule has 1 aromatic heterocycles. The molecule has 2 aromatic carbocycles. The molecule has 0 unspecified atom stereocenters. The van der Waals surface area contributed by atoms with Crippen molar-refractivity contribution in [3.8, 4) is 17.2 Å². The number of ether oxygens (including phenoxy) is 3. The minimum atomic E-state index is -0.404. The molecule has 4 rings (SSSR count). The number of benzene rings is 2. The average molecular weight is 473 g/mol. The van der Waals surface area contributed by atoms with E-state index in [2.05, 4.69) is 10.3 Å². The normalized spacial score (nSPS) is 19.7. The molecular weight excluding hydrogens is 448 g/mol. The van der Waals surface area contributed by atoms with Crippen molar-refractivity contribution in [3.05, 3.63) is 62.6 Å². The molecule has 0 saturated carbocycles. The highest BCUT2D eigenvalue weighted by Crippen LogP contribution is 2.50. The van der Waals surface area contributed by atoms with Gasteiger partial charge in [-0.05, 0) is 42.0 Å². The van der Waals surface area contributed by atoms with E-state index in [1.165, 1.54) is 11.8 Å². The van der Waals surface area contributed by atoms with Crippen molar-refractivity contribution in [1.29, 1.82) is 0 Å². The molecule has 3 atom stereocenters. The van der Waals surface area contributed by atoms with Crippen molar-refractivity contribution in [2.24, 2.45) is 5.92 Å². The summed E-state index contributed by atoms with van der Waals surface area (Å²) in [6, 6.07) is 12.9. The first kappa shape index (κ1) is 22.3. The summed E-state index contributed by atoms with van der Waals surface area (Å²) in [7, 11) is 4.76. The summed E-state index contributed by atoms with van der Waals surface area (Å²) in [5.74, 6) is 1.09. The zero-order valence-electron chi connectivity index (χ0n) is 18.1. The van der Waals surface area contributed by atoms with Crippen LogP contribution in [0.4, 0.5) is 5.69 Å². The topological polar surface area (TPSA) is 89.7 Å². The first-order chi connectivity index (χ1) is 15.4. The number of hydrogen-bond acceptors (Lipinski definition) is 7. The van der Waals surface area contributed by atoms with Gasteiger partial charge in [0.2, 0.25) is 5.91 Å². The Morgan fingerprint density at radius 1 is 1.00 bits per heavy atom. The lowest BCUT2D eigenvalue weighted by Crippen LogP contribution is -2.37. The van der Waals surface area contributed by atoms with Crippen LogP contribution in [-0.4, -0.2) is 37.5 Å². The molecule has 0 radical (unpaired) electrons. The van der Waals surface area contributed by atoms with Crippen LogP contribution < -0.4 is 24.4 Å². The summed E-state index contributed by atoms with van der Waals surface area (Å²) in [6.45, 7) is 2.01. The van der Waals surface area contributed by atoms with E-state index >= 15 is 0 Å². The molecule has 2 N–H and O–H groups in total. The minimum Gasteiger partial charge on any atom is -0.497 e. The summed E-state index contributed by atoms with van der Waals surface area (Å²) in [4.78, 5) is 29.4. The van der Waals surface area contributed by atoms with E-state index in [4.69, 9.17) is 14.2 Å². The summed E-state index contributed by atoms with van der Waals surface area (Å²) >= 11 is 2.67. The highest BCUT2D eigenvalue weighted by molar-refractivity contribution is 8.00. The molecule has 0 spiro atoms. The highest BCUT2D eigenvalue weighted by Gasteiger charge is 2.42. The van der Waals surface area contributed by atoms with Crippen LogP contribution in [-0.2, 0) is 4.79 Å². The van der Waals surface area contributed by atoms with Crippen LogP contribution >= 0.6 is 23.1 Å². The Hall–Kier alpha value is -2.91. The van der Waals surface area contributed by atoms with Gasteiger partial charge >= 0.3 is 4.87 Å². The third-order valence-corrected chi connectivity index (χ3v) is 7.84. The fourth-order valence-corrected chi connectivity index (χ4v) is 6.42. The van der Waals surface area contributed by atoms with Gasteiger partial charge in [0.1, 0.15) is 5.75 Å². The van der Waals surface area contributed by atoms with Gasteiger partial charge in [0.15, 0.2) is 11.5 Å². The van der Waals surface area contributed by atoms with Crippen LogP contribution in [0.1, 0.15) is 23.3 Å². The van der Waals surface area contributed by atoms with E-state index in [1.807, 2.05) is 37.3 Å². The molecule has 0 aliphatic carbocycles. The predicted octanol–water partition coefficient (Wildman–Crippen LogP) is 4.34. The van der Waals surface area contributed by atoms with E-state index in [-0.39, 0.29) is 21.9 Å². The maximum Gasteiger partial charge on any atom is 0.305 e. The second-order valence-corrected chi connectivity index (χ2v) is 9.77. The van der Waals surface area contributed by atoms with Gasteiger partial charge in [0.05, 0.1) is 32.3 Å². The lowest BCUT2D eigenvalue weighted by molar-refractivity contribution is -0.120. The Kier molecular flexibility index (Phi) is 6.48. The molecule has 2 heterocycles. The quantitative estimate of drug-likeness (QED) is 0.555. The second-order valence-electron chi connectivity index (χ2n) is 7.37. The molecule has 0 fully saturated rings.